The summed E-state index contributed by atoms with van der Waals surface area (Å²) < 4.78 is 42.7. The van der Waals surface area contributed by atoms with Gasteiger partial charge < -0.3 is 15.2 Å². The zero-order valence-corrected chi connectivity index (χ0v) is 22.6. The average molecular weight is 546 g/mol. The highest BCUT2D eigenvalue weighted by Crippen LogP contribution is 2.35. The van der Waals surface area contributed by atoms with Gasteiger partial charge in [-0.1, -0.05) is 12.1 Å². The van der Waals surface area contributed by atoms with Crippen LogP contribution in [0.2, 0.25) is 0 Å². The van der Waals surface area contributed by atoms with Gasteiger partial charge in [0.1, 0.15) is 11.5 Å². The molecule has 0 spiro atoms. The Morgan fingerprint density at radius 3 is 2.37 bits per heavy atom. The number of fused-ring (bicyclic) bond motifs is 1. The number of carbonyl (C=O) groups is 1. The number of aromatic nitrogens is 2. The number of halogens is 3. The van der Waals surface area contributed by atoms with Gasteiger partial charge in [-0.3, -0.25) is 4.79 Å². The number of hydrogen-bond acceptors (Lipinski definition) is 5. The third kappa shape index (κ3) is 6.02. The van der Waals surface area contributed by atoms with E-state index in [1.54, 1.807) is 49.0 Å². The second kappa shape index (κ2) is 12.0. The Hall–Kier alpha value is -2.50. The summed E-state index contributed by atoms with van der Waals surface area (Å²) >= 11 is 0. The second-order valence-corrected chi connectivity index (χ2v) is 10.2. The Kier molecular flexibility index (Phi) is 10.4. The van der Waals surface area contributed by atoms with Gasteiger partial charge in [0.25, 0.3) is 5.91 Å². The summed E-state index contributed by atoms with van der Waals surface area (Å²) in [5.74, 6) is -0.673. The predicted octanol–water partition coefficient (Wildman–Crippen LogP) is 3.62. The number of allylic oxidation sites excluding steroid dienone is 1. The Balaban J connectivity index is 0.00000306. The van der Waals surface area contributed by atoms with E-state index in [4.69, 9.17) is 5.73 Å². The normalized spacial score (nSPS) is 11.8. The van der Waals surface area contributed by atoms with Crippen molar-refractivity contribution >= 4 is 51.8 Å². The molecule has 0 unspecified atom stereocenters. The minimum atomic E-state index is -3.66. The van der Waals surface area contributed by atoms with Gasteiger partial charge in [-0.2, -0.15) is 0 Å². The largest absolute Gasteiger partial charge is 0.343 e. The fourth-order valence-electron chi connectivity index (χ4n) is 3.60. The van der Waals surface area contributed by atoms with Gasteiger partial charge in [0, 0.05) is 46.0 Å². The standard InChI is InChI=1S/C23H28FN5O3S.2ClH/c1-15-21(16-7-6-8-18(13-16)33(31,32)28(4)5)22-20(29(15)14-17(24)11-12-25)10-9-19(26-22)23(30)27(2)3;;/h6-11,13H,12,14,25H2,1-5H3;2*1H. The maximum Gasteiger partial charge on any atom is 0.271 e. The smallest absolute Gasteiger partial charge is 0.271 e. The summed E-state index contributed by atoms with van der Waals surface area (Å²) in [4.78, 5) is 18.7. The first-order chi connectivity index (χ1) is 15.5. The third-order valence-corrected chi connectivity index (χ3v) is 7.15. The number of hydrogen-bond donors (Lipinski definition) is 1. The molecule has 0 aliphatic carbocycles. The number of sulfonamides is 1. The summed E-state index contributed by atoms with van der Waals surface area (Å²) in [5.41, 5.74) is 8.72. The second-order valence-electron chi connectivity index (χ2n) is 8.01. The number of pyridine rings is 1. The first-order valence-corrected chi connectivity index (χ1v) is 11.7. The SMILES string of the molecule is Cc1c(-c2cccc(S(=O)(=O)N(C)C)c2)c2nc(C(=O)N(C)C)ccc2n1CC(F)=CCN.Cl.Cl. The summed E-state index contributed by atoms with van der Waals surface area (Å²) in [6.45, 7) is 1.83. The van der Waals surface area contributed by atoms with Crippen LogP contribution in [0.4, 0.5) is 4.39 Å². The number of rotatable bonds is 7. The quantitative estimate of drug-likeness (QED) is 0.488. The average Bonchev–Trinajstić information content (AvgIpc) is 3.03. The van der Waals surface area contributed by atoms with Crippen molar-refractivity contribution in [1.82, 2.24) is 18.8 Å². The first kappa shape index (κ1) is 30.5. The molecule has 192 valence electrons. The lowest BCUT2D eigenvalue weighted by atomic mass is 10.0. The van der Waals surface area contributed by atoms with Gasteiger partial charge in [-0.25, -0.2) is 22.1 Å². The van der Waals surface area contributed by atoms with E-state index in [9.17, 15) is 17.6 Å². The van der Waals surface area contributed by atoms with Crippen molar-refractivity contribution in [2.75, 3.05) is 34.7 Å². The summed E-state index contributed by atoms with van der Waals surface area (Å²) in [7, 11) is 2.53. The highest BCUT2D eigenvalue weighted by molar-refractivity contribution is 7.89. The number of amides is 1. The number of nitrogens with two attached hydrogens (primary N) is 1. The molecule has 12 heteroatoms. The summed E-state index contributed by atoms with van der Waals surface area (Å²) in [5, 5.41) is 0. The molecular formula is C23H30Cl2FN5O3S. The molecule has 2 aromatic heterocycles. The third-order valence-electron chi connectivity index (χ3n) is 5.34. The lowest BCUT2D eigenvalue weighted by molar-refractivity contribution is 0.0822. The lowest BCUT2D eigenvalue weighted by Gasteiger charge is -2.13. The fraction of sp³-hybridized carbons (Fsp3) is 0.304. The van der Waals surface area contributed by atoms with Crippen molar-refractivity contribution in [2.24, 2.45) is 5.73 Å². The Morgan fingerprint density at radius 2 is 1.80 bits per heavy atom. The molecule has 0 aliphatic heterocycles. The maximum atomic E-state index is 14.4. The van der Waals surface area contributed by atoms with Crippen LogP contribution in [0, 0.1) is 6.92 Å². The van der Waals surface area contributed by atoms with Crippen LogP contribution in [0.1, 0.15) is 16.2 Å². The zero-order valence-electron chi connectivity index (χ0n) is 20.1. The predicted molar refractivity (Wildman–Crippen MR) is 142 cm³/mol. The molecule has 0 atom stereocenters. The van der Waals surface area contributed by atoms with Crippen LogP contribution in [0.3, 0.4) is 0 Å². The highest BCUT2D eigenvalue weighted by Gasteiger charge is 2.23. The molecule has 0 saturated carbocycles. The van der Waals surface area contributed by atoms with Crippen molar-refractivity contribution in [2.45, 2.75) is 18.4 Å². The van der Waals surface area contributed by atoms with Crippen molar-refractivity contribution in [3.05, 3.63) is 59.7 Å². The van der Waals surface area contributed by atoms with Crippen molar-refractivity contribution in [3.63, 3.8) is 0 Å². The van der Waals surface area contributed by atoms with E-state index in [0.29, 0.717) is 27.9 Å². The Labute approximate surface area is 217 Å². The van der Waals surface area contributed by atoms with E-state index in [0.717, 1.165) is 4.31 Å². The van der Waals surface area contributed by atoms with E-state index in [2.05, 4.69) is 4.98 Å². The molecule has 0 aliphatic rings. The molecule has 0 radical (unpaired) electrons. The minimum Gasteiger partial charge on any atom is -0.343 e. The van der Waals surface area contributed by atoms with Crippen LogP contribution in [0.25, 0.3) is 22.2 Å². The van der Waals surface area contributed by atoms with Crippen LogP contribution in [0.5, 0.6) is 0 Å². The number of benzene rings is 1. The molecule has 0 saturated heterocycles. The molecule has 35 heavy (non-hydrogen) atoms. The molecule has 1 amide bonds. The number of nitrogens with zero attached hydrogens (tertiary/aromatic N) is 4. The zero-order chi connectivity index (χ0) is 24.5. The van der Waals surface area contributed by atoms with Gasteiger partial charge in [0.05, 0.1) is 22.5 Å². The molecule has 2 heterocycles. The monoisotopic (exact) mass is 545 g/mol. The van der Waals surface area contributed by atoms with Crippen molar-refractivity contribution in [1.29, 1.82) is 0 Å². The van der Waals surface area contributed by atoms with Gasteiger partial charge in [-0.05, 0) is 42.8 Å². The summed E-state index contributed by atoms with van der Waals surface area (Å²) in [6, 6.07) is 9.84. The van der Waals surface area contributed by atoms with Crippen LogP contribution in [-0.4, -0.2) is 67.8 Å². The van der Waals surface area contributed by atoms with Crippen LogP contribution < -0.4 is 5.73 Å². The molecule has 1 aromatic carbocycles. The topological polar surface area (TPSA) is 102 Å². The lowest BCUT2D eigenvalue weighted by Crippen LogP contribution is -2.22. The van der Waals surface area contributed by atoms with Crippen LogP contribution in [0.15, 0.2) is 53.2 Å². The van der Waals surface area contributed by atoms with Crippen molar-refractivity contribution in [3.8, 4) is 11.1 Å². The number of carbonyl (C=O) groups excluding carboxylic acids is 1. The molecule has 3 rings (SSSR count). The van der Waals surface area contributed by atoms with Crippen LogP contribution >= 0.6 is 24.8 Å². The minimum absolute atomic E-state index is 0. The van der Waals surface area contributed by atoms with E-state index >= 15 is 0 Å². The van der Waals surface area contributed by atoms with Gasteiger partial charge in [-0.15, -0.1) is 24.8 Å². The van der Waals surface area contributed by atoms with Gasteiger partial charge >= 0.3 is 0 Å². The summed E-state index contributed by atoms with van der Waals surface area (Å²) in [6.07, 6.45) is 1.30. The van der Waals surface area contributed by atoms with E-state index in [1.165, 1.54) is 31.1 Å². The van der Waals surface area contributed by atoms with E-state index < -0.39 is 15.9 Å². The molecule has 8 nitrogen and oxygen atoms in total. The Bertz CT molecular complexity index is 1350. The molecule has 0 fully saturated rings. The van der Waals surface area contributed by atoms with Gasteiger partial charge in [0.2, 0.25) is 10.0 Å². The molecular weight excluding hydrogens is 516 g/mol. The van der Waals surface area contributed by atoms with E-state index in [1.807, 2.05) is 6.92 Å². The fourth-order valence-corrected chi connectivity index (χ4v) is 4.55. The van der Waals surface area contributed by atoms with Crippen LogP contribution in [-0.2, 0) is 16.6 Å². The van der Waals surface area contributed by atoms with E-state index in [-0.39, 0.29) is 54.4 Å². The molecule has 2 N–H and O–H groups in total. The maximum absolute atomic E-state index is 14.4. The van der Waals surface area contributed by atoms with Gasteiger partial charge in [0.15, 0.2) is 0 Å². The highest BCUT2D eigenvalue weighted by atomic mass is 35.5. The molecule has 0 bridgehead atoms. The first-order valence-electron chi connectivity index (χ1n) is 10.3. The molecule has 3 aromatic rings. The Morgan fingerprint density at radius 1 is 1.14 bits per heavy atom. The van der Waals surface area contributed by atoms with Crippen molar-refractivity contribution < 1.29 is 17.6 Å².